The summed E-state index contributed by atoms with van der Waals surface area (Å²) in [4.78, 5) is 12.7. The minimum absolute atomic E-state index is 0.0198. The molecule has 0 saturated heterocycles. The van der Waals surface area contributed by atoms with E-state index in [1.165, 1.54) is 0 Å². The number of benzene rings is 2. The molecule has 0 radical (unpaired) electrons. The highest BCUT2D eigenvalue weighted by molar-refractivity contribution is 14.1. The summed E-state index contributed by atoms with van der Waals surface area (Å²) < 4.78 is 12.4. The average Bonchev–Trinajstić information content (AvgIpc) is 2.69. The second kappa shape index (κ2) is 10.9. The molecule has 5 nitrogen and oxygen atoms in total. The predicted molar refractivity (Wildman–Crippen MR) is 124 cm³/mol. The van der Waals surface area contributed by atoms with Crippen LogP contribution in [0.2, 0.25) is 0 Å². The first-order chi connectivity index (χ1) is 13.9. The average molecular weight is 504 g/mol. The molecule has 2 aromatic rings. The Morgan fingerprint density at radius 3 is 2.66 bits per heavy atom. The van der Waals surface area contributed by atoms with Crippen LogP contribution < -0.4 is 14.8 Å². The number of anilines is 1. The largest absolute Gasteiger partial charge is 0.490 e. The van der Waals surface area contributed by atoms with E-state index in [2.05, 4.69) is 27.9 Å². The van der Waals surface area contributed by atoms with Crippen molar-refractivity contribution in [1.82, 2.24) is 0 Å². The first kappa shape index (κ1) is 22.8. The SMILES string of the molecule is CCCOc1c(I)cc(/C=C(/C#N)C(=O)Nc2cccc(C)c2C)cc1OCC. The number of nitrogens with zero attached hydrogens (tertiary/aromatic N) is 1. The quantitative estimate of drug-likeness (QED) is 0.287. The lowest BCUT2D eigenvalue weighted by molar-refractivity contribution is -0.112. The number of rotatable bonds is 8. The molecule has 0 aliphatic carbocycles. The molecule has 0 fully saturated rings. The van der Waals surface area contributed by atoms with Crippen molar-refractivity contribution in [2.24, 2.45) is 0 Å². The van der Waals surface area contributed by atoms with Gasteiger partial charge in [0, 0.05) is 5.69 Å². The number of nitrogens with one attached hydrogen (secondary N) is 1. The molecule has 0 aromatic heterocycles. The molecule has 152 valence electrons. The summed E-state index contributed by atoms with van der Waals surface area (Å²) >= 11 is 2.18. The van der Waals surface area contributed by atoms with E-state index in [1.807, 2.05) is 58.0 Å². The van der Waals surface area contributed by atoms with Gasteiger partial charge in [-0.3, -0.25) is 4.79 Å². The zero-order chi connectivity index (χ0) is 21.4. The van der Waals surface area contributed by atoms with E-state index in [9.17, 15) is 10.1 Å². The molecule has 0 aliphatic rings. The monoisotopic (exact) mass is 504 g/mol. The fourth-order valence-corrected chi connectivity index (χ4v) is 3.45. The van der Waals surface area contributed by atoms with E-state index >= 15 is 0 Å². The van der Waals surface area contributed by atoms with Crippen molar-refractivity contribution < 1.29 is 14.3 Å². The minimum Gasteiger partial charge on any atom is -0.490 e. The van der Waals surface area contributed by atoms with E-state index < -0.39 is 5.91 Å². The van der Waals surface area contributed by atoms with Crippen LogP contribution in [0.5, 0.6) is 11.5 Å². The number of amides is 1. The number of ether oxygens (including phenoxy) is 2. The van der Waals surface area contributed by atoms with Crippen LogP contribution in [0, 0.1) is 28.7 Å². The fourth-order valence-electron chi connectivity index (χ4n) is 2.67. The van der Waals surface area contributed by atoms with Gasteiger partial charge in [-0.1, -0.05) is 19.1 Å². The van der Waals surface area contributed by atoms with Crippen LogP contribution in [0.15, 0.2) is 35.9 Å². The standard InChI is InChI=1S/C23H25IN2O3/c1-5-10-29-22-19(24)12-17(13-21(22)28-6-2)11-18(14-25)23(27)26-20-9-7-8-15(3)16(20)4/h7-9,11-13H,5-6,10H2,1-4H3,(H,26,27)/b18-11-. The Morgan fingerprint density at radius 2 is 2.00 bits per heavy atom. The molecule has 0 bridgehead atoms. The molecule has 29 heavy (non-hydrogen) atoms. The lowest BCUT2D eigenvalue weighted by atomic mass is 10.1. The Hall–Kier alpha value is -2.53. The normalized spacial score (nSPS) is 11.0. The third-order valence-electron chi connectivity index (χ3n) is 4.31. The van der Waals surface area contributed by atoms with Crippen molar-refractivity contribution in [1.29, 1.82) is 5.26 Å². The van der Waals surface area contributed by atoms with E-state index in [1.54, 1.807) is 12.1 Å². The van der Waals surface area contributed by atoms with Gasteiger partial charge in [0.15, 0.2) is 11.5 Å². The van der Waals surface area contributed by atoms with Gasteiger partial charge in [0.05, 0.1) is 16.8 Å². The minimum atomic E-state index is -0.444. The highest BCUT2D eigenvalue weighted by Gasteiger charge is 2.15. The summed E-state index contributed by atoms with van der Waals surface area (Å²) in [5.41, 5.74) is 3.47. The van der Waals surface area contributed by atoms with Crippen LogP contribution >= 0.6 is 22.6 Å². The summed E-state index contributed by atoms with van der Waals surface area (Å²) in [6.07, 6.45) is 2.45. The Kier molecular flexibility index (Phi) is 8.52. The van der Waals surface area contributed by atoms with E-state index in [-0.39, 0.29) is 5.57 Å². The topological polar surface area (TPSA) is 71.3 Å². The number of hydrogen-bond donors (Lipinski definition) is 1. The molecule has 0 spiro atoms. The Bertz CT molecular complexity index is 961. The molecule has 2 aromatic carbocycles. The molecule has 0 atom stereocenters. The van der Waals surface area contributed by atoms with Gasteiger partial charge in [-0.05, 0) is 90.7 Å². The molecule has 1 amide bonds. The third-order valence-corrected chi connectivity index (χ3v) is 5.11. The smallest absolute Gasteiger partial charge is 0.266 e. The third kappa shape index (κ3) is 5.97. The maximum Gasteiger partial charge on any atom is 0.266 e. The lowest BCUT2D eigenvalue weighted by Crippen LogP contribution is -2.14. The van der Waals surface area contributed by atoms with Crippen molar-refractivity contribution in [3.05, 3.63) is 56.2 Å². The fraction of sp³-hybridized carbons (Fsp3) is 0.304. The van der Waals surface area contributed by atoms with Gasteiger partial charge in [-0.25, -0.2) is 0 Å². The number of halogens is 1. The van der Waals surface area contributed by atoms with Crippen LogP contribution in [0.1, 0.15) is 37.0 Å². The van der Waals surface area contributed by atoms with E-state index in [0.29, 0.717) is 36.0 Å². The number of hydrogen-bond acceptors (Lipinski definition) is 4. The number of carbonyl (C=O) groups excluding carboxylic acids is 1. The van der Waals surface area contributed by atoms with Crippen molar-refractivity contribution in [2.45, 2.75) is 34.1 Å². The van der Waals surface area contributed by atoms with Gasteiger partial charge in [0.1, 0.15) is 11.6 Å². The lowest BCUT2D eigenvalue weighted by Gasteiger charge is -2.14. The van der Waals surface area contributed by atoms with Crippen LogP contribution in [0.4, 0.5) is 5.69 Å². The zero-order valence-corrected chi connectivity index (χ0v) is 19.3. The van der Waals surface area contributed by atoms with Gasteiger partial charge in [-0.2, -0.15) is 5.26 Å². The van der Waals surface area contributed by atoms with Gasteiger partial charge in [0.25, 0.3) is 5.91 Å². The maximum absolute atomic E-state index is 12.7. The van der Waals surface area contributed by atoms with Crippen molar-refractivity contribution in [3.63, 3.8) is 0 Å². The van der Waals surface area contributed by atoms with Gasteiger partial charge >= 0.3 is 0 Å². The second-order valence-electron chi connectivity index (χ2n) is 6.48. The number of nitriles is 1. The molecule has 0 saturated carbocycles. The Balaban J connectivity index is 2.35. The maximum atomic E-state index is 12.7. The molecule has 0 unspecified atom stereocenters. The van der Waals surface area contributed by atoms with Crippen molar-refractivity contribution in [3.8, 4) is 17.6 Å². The Labute approximate surface area is 185 Å². The number of aryl methyl sites for hydroxylation is 1. The molecule has 2 rings (SSSR count). The second-order valence-corrected chi connectivity index (χ2v) is 7.65. The van der Waals surface area contributed by atoms with Gasteiger partial charge < -0.3 is 14.8 Å². The highest BCUT2D eigenvalue weighted by Crippen LogP contribution is 2.35. The first-order valence-electron chi connectivity index (χ1n) is 9.49. The highest BCUT2D eigenvalue weighted by atomic mass is 127. The molecule has 6 heteroatoms. The van der Waals surface area contributed by atoms with Crippen LogP contribution in [-0.2, 0) is 4.79 Å². The molecular weight excluding hydrogens is 479 g/mol. The van der Waals surface area contributed by atoms with Gasteiger partial charge in [0.2, 0.25) is 0 Å². The number of carbonyl (C=O) groups is 1. The van der Waals surface area contributed by atoms with Crippen molar-refractivity contribution >= 4 is 40.3 Å². The molecule has 1 N–H and O–H groups in total. The molecular formula is C23H25IN2O3. The van der Waals surface area contributed by atoms with Crippen LogP contribution in [-0.4, -0.2) is 19.1 Å². The summed E-state index contributed by atoms with van der Waals surface area (Å²) in [5, 5.41) is 12.4. The van der Waals surface area contributed by atoms with Crippen LogP contribution in [0.3, 0.4) is 0 Å². The van der Waals surface area contributed by atoms with Crippen molar-refractivity contribution in [2.75, 3.05) is 18.5 Å². The predicted octanol–water partition coefficient (Wildman–Crippen LogP) is 5.64. The first-order valence-corrected chi connectivity index (χ1v) is 10.6. The summed E-state index contributed by atoms with van der Waals surface area (Å²) in [6.45, 7) is 8.93. The van der Waals surface area contributed by atoms with Gasteiger partial charge in [-0.15, -0.1) is 0 Å². The molecule has 0 aliphatic heterocycles. The van der Waals surface area contributed by atoms with E-state index in [0.717, 1.165) is 21.1 Å². The van der Waals surface area contributed by atoms with Crippen LogP contribution in [0.25, 0.3) is 6.08 Å². The summed E-state index contributed by atoms with van der Waals surface area (Å²) in [7, 11) is 0. The van der Waals surface area contributed by atoms with E-state index in [4.69, 9.17) is 9.47 Å². The summed E-state index contributed by atoms with van der Waals surface area (Å²) in [5.74, 6) is 0.844. The Morgan fingerprint density at radius 1 is 1.24 bits per heavy atom. The zero-order valence-electron chi connectivity index (χ0n) is 17.1. The summed E-state index contributed by atoms with van der Waals surface area (Å²) in [6, 6.07) is 11.3. The molecule has 0 heterocycles.